The normalized spacial score (nSPS) is 12.4. The van der Waals surface area contributed by atoms with Crippen LogP contribution in [0.5, 0.6) is 0 Å². The fourth-order valence-electron chi connectivity index (χ4n) is 2.06. The van der Waals surface area contributed by atoms with Crippen LogP contribution in [0.1, 0.15) is 42.6 Å². The van der Waals surface area contributed by atoms with Crippen molar-refractivity contribution in [2.24, 2.45) is 0 Å². The van der Waals surface area contributed by atoms with Crippen molar-refractivity contribution in [3.8, 4) is 0 Å². The van der Waals surface area contributed by atoms with Crippen molar-refractivity contribution in [1.82, 2.24) is 9.97 Å². The lowest BCUT2D eigenvalue weighted by molar-refractivity contribution is 0.276. The molecule has 0 aliphatic rings. The van der Waals surface area contributed by atoms with Gasteiger partial charge in [-0.15, -0.1) is 0 Å². The third-order valence-electron chi connectivity index (χ3n) is 3.27. The molecule has 0 bridgehead atoms. The number of hydrogen-bond acceptors (Lipinski definition) is 4. The van der Waals surface area contributed by atoms with Gasteiger partial charge in [-0.05, 0) is 24.0 Å². The zero-order valence-corrected chi connectivity index (χ0v) is 12.2. The van der Waals surface area contributed by atoms with Crippen LogP contribution in [0.15, 0.2) is 36.7 Å². The highest BCUT2D eigenvalue weighted by molar-refractivity contribution is 5.37. The number of aliphatic hydroxyl groups excluding tert-OH is 1. The Bertz CT molecular complexity index is 552. The summed E-state index contributed by atoms with van der Waals surface area (Å²) in [6.45, 7) is 6.23. The molecular weight excluding hydrogens is 250 g/mol. The van der Waals surface area contributed by atoms with E-state index in [4.69, 9.17) is 0 Å². The Kier molecular flexibility index (Phi) is 4.69. The predicted octanol–water partition coefficient (Wildman–Crippen LogP) is 3.05. The molecule has 0 radical (unpaired) electrons. The molecule has 0 saturated carbocycles. The summed E-state index contributed by atoms with van der Waals surface area (Å²) in [6, 6.07) is 8.13. The van der Waals surface area contributed by atoms with Gasteiger partial charge in [0.05, 0.1) is 24.5 Å². The Morgan fingerprint density at radius 3 is 2.30 bits per heavy atom. The Labute approximate surface area is 119 Å². The summed E-state index contributed by atoms with van der Waals surface area (Å²) >= 11 is 0. The van der Waals surface area contributed by atoms with Gasteiger partial charge < -0.3 is 10.4 Å². The van der Waals surface area contributed by atoms with Gasteiger partial charge in [0.2, 0.25) is 0 Å². The van der Waals surface area contributed by atoms with Crippen LogP contribution in [-0.2, 0) is 0 Å². The first-order chi connectivity index (χ1) is 9.60. The van der Waals surface area contributed by atoms with E-state index in [1.807, 2.05) is 19.1 Å². The highest BCUT2D eigenvalue weighted by Crippen LogP contribution is 2.21. The maximum atomic E-state index is 9.58. The molecule has 1 atom stereocenters. The molecule has 1 aromatic carbocycles. The van der Waals surface area contributed by atoms with E-state index in [1.165, 1.54) is 5.56 Å². The molecule has 4 heteroatoms. The first-order valence-electron chi connectivity index (χ1n) is 6.86. The molecule has 1 aromatic heterocycles. The summed E-state index contributed by atoms with van der Waals surface area (Å²) < 4.78 is 0. The molecule has 1 heterocycles. The van der Waals surface area contributed by atoms with E-state index in [1.54, 1.807) is 12.4 Å². The summed E-state index contributed by atoms with van der Waals surface area (Å²) in [5, 5.41) is 12.8. The third-order valence-corrected chi connectivity index (χ3v) is 3.27. The molecule has 2 rings (SSSR count). The van der Waals surface area contributed by atoms with E-state index in [9.17, 15) is 5.11 Å². The average molecular weight is 271 g/mol. The molecule has 1 unspecified atom stereocenters. The molecule has 106 valence electrons. The number of benzene rings is 1. The minimum Gasteiger partial charge on any atom is -0.394 e. The molecule has 0 fully saturated rings. The Morgan fingerprint density at radius 1 is 1.10 bits per heavy atom. The van der Waals surface area contributed by atoms with Gasteiger partial charge in [-0.25, -0.2) is 4.98 Å². The second-order valence-electron chi connectivity index (χ2n) is 5.25. The molecule has 2 N–H and O–H groups in total. The fourth-order valence-corrected chi connectivity index (χ4v) is 2.06. The van der Waals surface area contributed by atoms with Gasteiger partial charge in [-0.2, -0.15) is 0 Å². The molecule has 2 aromatic rings. The Balaban J connectivity index is 2.15. The molecule has 4 nitrogen and oxygen atoms in total. The van der Waals surface area contributed by atoms with Gasteiger partial charge >= 0.3 is 0 Å². The van der Waals surface area contributed by atoms with Crippen LogP contribution in [0.2, 0.25) is 0 Å². The van der Waals surface area contributed by atoms with Crippen LogP contribution in [0.4, 0.5) is 5.82 Å². The molecular formula is C16H21N3O. The van der Waals surface area contributed by atoms with Gasteiger partial charge in [-0.3, -0.25) is 4.98 Å². The summed E-state index contributed by atoms with van der Waals surface area (Å²) in [6.07, 6.45) is 3.37. The number of aryl methyl sites for hydroxylation is 1. The van der Waals surface area contributed by atoms with E-state index >= 15 is 0 Å². The standard InChI is InChI=1S/C16H21N3O/c1-11(2)13-4-6-14(7-5-13)15(10-20)19-16-9-17-8-12(3)18-16/h4-9,11,15,20H,10H2,1-3H3,(H,18,19). The molecule has 0 aliphatic carbocycles. The Morgan fingerprint density at radius 2 is 1.75 bits per heavy atom. The number of rotatable bonds is 5. The van der Waals surface area contributed by atoms with Crippen molar-refractivity contribution in [3.63, 3.8) is 0 Å². The molecule has 0 spiro atoms. The van der Waals surface area contributed by atoms with Crippen LogP contribution < -0.4 is 5.32 Å². The number of hydrogen-bond donors (Lipinski definition) is 2. The average Bonchev–Trinajstić information content (AvgIpc) is 2.45. The smallest absolute Gasteiger partial charge is 0.145 e. The summed E-state index contributed by atoms with van der Waals surface area (Å²) in [5.41, 5.74) is 3.18. The van der Waals surface area contributed by atoms with Crippen LogP contribution >= 0.6 is 0 Å². The summed E-state index contributed by atoms with van der Waals surface area (Å²) in [4.78, 5) is 8.44. The van der Waals surface area contributed by atoms with Crippen LogP contribution in [0, 0.1) is 6.92 Å². The molecule has 0 saturated heterocycles. The minimum absolute atomic E-state index is 0.0106. The number of nitrogens with one attached hydrogen (secondary N) is 1. The van der Waals surface area contributed by atoms with Crippen molar-refractivity contribution in [2.45, 2.75) is 32.7 Å². The molecule has 0 aliphatic heterocycles. The predicted molar refractivity (Wildman–Crippen MR) is 80.7 cm³/mol. The third kappa shape index (κ3) is 3.54. The minimum atomic E-state index is -0.174. The summed E-state index contributed by atoms with van der Waals surface area (Å²) in [5.74, 6) is 1.18. The van der Waals surface area contributed by atoms with Gasteiger partial charge in [0, 0.05) is 6.20 Å². The van der Waals surface area contributed by atoms with Gasteiger partial charge in [-0.1, -0.05) is 38.1 Å². The van der Waals surface area contributed by atoms with Gasteiger partial charge in [0.25, 0.3) is 0 Å². The monoisotopic (exact) mass is 271 g/mol. The topological polar surface area (TPSA) is 58.0 Å². The lowest BCUT2D eigenvalue weighted by Crippen LogP contribution is -2.16. The number of aromatic nitrogens is 2. The quantitative estimate of drug-likeness (QED) is 0.877. The zero-order chi connectivity index (χ0) is 14.5. The van der Waals surface area contributed by atoms with Crippen LogP contribution in [-0.4, -0.2) is 21.7 Å². The fraction of sp³-hybridized carbons (Fsp3) is 0.375. The Hall–Kier alpha value is -1.94. The number of anilines is 1. The van der Waals surface area contributed by atoms with Gasteiger partial charge in [0.1, 0.15) is 5.82 Å². The van der Waals surface area contributed by atoms with Crippen molar-refractivity contribution in [1.29, 1.82) is 0 Å². The van der Waals surface area contributed by atoms with Crippen LogP contribution in [0.3, 0.4) is 0 Å². The van der Waals surface area contributed by atoms with E-state index in [0.29, 0.717) is 11.7 Å². The van der Waals surface area contributed by atoms with E-state index in [2.05, 4.69) is 41.3 Å². The maximum absolute atomic E-state index is 9.58. The van der Waals surface area contributed by atoms with E-state index in [-0.39, 0.29) is 12.6 Å². The highest BCUT2D eigenvalue weighted by atomic mass is 16.3. The van der Waals surface area contributed by atoms with E-state index < -0.39 is 0 Å². The zero-order valence-electron chi connectivity index (χ0n) is 12.2. The molecule has 20 heavy (non-hydrogen) atoms. The van der Waals surface area contributed by atoms with Crippen molar-refractivity contribution >= 4 is 5.82 Å². The first-order valence-corrected chi connectivity index (χ1v) is 6.86. The number of aliphatic hydroxyl groups is 1. The van der Waals surface area contributed by atoms with Crippen LogP contribution in [0.25, 0.3) is 0 Å². The van der Waals surface area contributed by atoms with E-state index in [0.717, 1.165) is 11.3 Å². The highest BCUT2D eigenvalue weighted by Gasteiger charge is 2.11. The molecule has 0 amide bonds. The van der Waals surface area contributed by atoms with Crippen molar-refractivity contribution in [2.75, 3.05) is 11.9 Å². The SMILES string of the molecule is Cc1cncc(NC(CO)c2ccc(C(C)C)cc2)n1. The lowest BCUT2D eigenvalue weighted by atomic mass is 9.99. The largest absolute Gasteiger partial charge is 0.394 e. The van der Waals surface area contributed by atoms with Crippen molar-refractivity contribution in [3.05, 3.63) is 53.5 Å². The van der Waals surface area contributed by atoms with Gasteiger partial charge in [0.15, 0.2) is 0 Å². The second-order valence-corrected chi connectivity index (χ2v) is 5.25. The lowest BCUT2D eigenvalue weighted by Gasteiger charge is -2.18. The maximum Gasteiger partial charge on any atom is 0.145 e. The second kappa shape index (κ2) is 6.48. The first kappa shape index (κ1) is 14.5. The summed E-state index contributed by atoms with van der Waals surface area (Å²) in [7, 11) is 0. The number of nitrogens with zero attached hydrogens (tertiary/aromatic N) is 2. The van der Waals surface area contributed by atoms with Crippen molar-refractivity contribution < 1.29 is 5.11 Å².